The van der Waals surface area contributed by atoms with E-state index < -0.39 is 0 Å². The van der Waals surface area contributed by atoms with Crippen molar-refractivity contribution in [2.24, 2.45) is 0 Å². The van der Waals surface area contributed by atoms with Gasteiger partial charge in [0, 0.05) is 6.20 Å². The molecule has 0 aliphatic rings. The molecule has 1 heterocycles. The van der Waals surface area contributed by atoms with E-state index >= 15 is 0 Å². The maximum atomic E-state index is 11.1. The third-order valence-electron chi connectivity index (χ3n) is 1.74. The van der Waals surface area contributed by atoms with Crippen LogP contribution in [0.25, 0.3) is 0 Å². The van der Waals surface area contributed by atoms with Crippen molar-refractivity contribution >= 4 is 5.97 Å². The molecule has 0 aliphatic heterocycles. The van der Waals surface area contributed by atoms with Gasteiger partial charge in [-0.1, -0.05) is 19.1 Å². The van der Waals surface area contributed by atoms with Gasteiger partial charge < -0.3 is 4.74 Å². The molecule has 0 aromatic carbocycles. The van der Waals surface area contributed by atoms with Crippen LogP contribution in [0.4, 0.5) is 0 Å². The second-order valence-corrected chi connectivity index (χ2v) is 3.30. The Hall–Kier alpha value is -1.39. The molecule has 0 saturated heterocycles. The molecule has 0 radical (unpaired) electrons. The van der Waals surface area contributed by atoms with E-state index in [1.165, 1.54) is 4.68 Å². The van der Waals surface area contributed by atoms with Crippen LogP contribution in [0.5, 0.6) is 0 Å². The summed E-state index contributed by atoms with van der Waals surface area (Å²) in [4.78, 5) is 11.1. The summed E-state index contributed by atoms with van der Waals surface area (Å²) >= 11 is 0. The van der Waals surface area contributed by atoms with E-state index in [-0.39, 0.29) is 12.5 Å². The van der Waals surface area contributed by atoms with Gasteiger partial charge in [0.05, 0.1) is 12.3 Å². The summed E-state index contributed by atoms with van der Waals surface area (Å²) in [5.74, 6) is 0.0404. The molecule has 14 heavy (non-hydrogen) atoms. The maximum Gasteiger partial charge on any atom is 0.327 e. The first-order chi connectivity index (χ1) is 6.63. The van der Waals surface area contributed by atoms with Gasteiger partial charge in [0.15, 0.2) is 0 Å². The average molecular weight is 197 g/mol. The number of hydrogen-bond acceptors (Lipinski definition) is 4. The van der Waals surface area contributed by atoms with Gasteiger partial charge in [-0.3, -0.25) is 4.79 Å². The molecule has 1 rings (SSSR count). The van der Waals surface area contributed by atoms with Gasteiger partial charge in [-0.15, -0.1) is 5.10 Å². The van der Waals surface area contributed by atoms with Crippen LogP contribution in [0.2, 0.25) is 0 Å². The van der Waals surface area contributed by atoms with E-state index in [0.717, 1.165) is 5.69 Å². The standard InChI is InChI=1S/C9H15N3O2/c1-4-14-9(13)6-12-5-8(7(2)3)10-11-12/h5,7H,4,6H2,1-3H3. The highest BCUT2D eigenvalue weighted by atomic mass is 16.5. The SMILES string of the molecule is CCOC(=O)Cn1cc(C(C)C)nn1. The molecule has 0 bridgehead atoms. The molecule has 78 valence electrons. The molecule has 0 fully saturated rings. The highest BCUT2D eigenvalue weighted by Gasteiger charge is 2.08. The smallest absolute Gasteiger partial charge is 0.327 e. The van der Waals surface area contributed by atoms with Crippen molar-refractivity contribution < 1.29 is 9.53 Å². The molecule has 0 spiro atoms. The van der Waals surface area contributed by atoms with E-state index in [1.807, 2.05) is 13.8 Å². The van der Waals surface area contributed by atoms with Crippen molar-refractivity contribution in [2.75, 3.05) is 6.61 Å². The lowest BCUT2D eigenvalue weighted by Gasteiger charge is -2.00. The maximum absolute atomic E-state index is 11.1. The van der Waals surface area contributed by atoms with Crippen molar-refractivity contribution in [3.05, 3.63) is 11.9 Å². The molecule has 0 aliphatic carbocycles. The highest BCUT2D eigenvalue weighted by Crippen LogP contribution is 2.08. The molecule has 1 aromatic rings. The van der Waals surface area contributed by atoms with E-state index in [2.05, 4.69) is 10.3 Å². The fourth-order valence-corrected chi connectivity index (χ4v) is 0.994. The third kappa shape index (κ3) is 2.83. The summed E-state index contributed by atoms with van der Waals surface area (Å²) in [5.41, 5.74) is 0.884. The van der Waals surface area contributed by atoms with Gasteiger partial charge in [-0.05, 0) is 12.8 Å². The van der Waals surface area contributed by atoms with Gasteiger partial charge in [-0.25, -0.2) is 4.68 Å². The van der Waals surface area contributed by atoms with Crippen molar-refractivity contribution in [1.82, 2.24) is 15.0 Å². The van der Waals surface area contributed by atoms with Crippen LogP contribution in [0, 0.1) is 0 Å². The van der Waals surface area contributed by atoms with Crippen LogP contribution in [0.15, 0.2) is 6.20 Å². The second-order valence-electron chi connectivity index (χ2n) is 3.30. The largest absolute Gasteiger partial charge is 0.465 e. The molecule has 5 nitrogen and oxygen atoms in total. The Balaban J connectivity index is 2.55. The minimum atomic E-state index is -0.285. The number of aromatic nitrogens is 3. The van der Waals surface area contributed by atoms with Crippen LogP contribution >= 0.6 is 0 Å². The molecule has 0 amide bonds. The normalized spacial score (nSPS) is 10.6. The Bertz CT molecular complexity index is 307. The Morgan fingerprint density at radius 3 is 2.86 bits per heavy atom. The quantitative estimate of drug-likeness (QED) is 0.675. The number of nitrogens with zero attached hydrogens (tertiary/aromatic N) is 3. The summed E-state index contributed by atoms with van der Waals surface area (Å²) in [6.45, 7) is 6.36. The second kappa shape index (κ2) is 4.74. The van der Waals surface area contributed by atoms with E-state index in [9.17, 15) is 4.79 Å². The lowest BCUT2D eigenvalue weighted by atomic mass is 10.2. The summed E-state index contributed by atoms with van der Waals surface area (Å²) in [7, 11) is 0. The van der Waals surface area contributed by atoms with Crippen LogP contribution in [0.1, 0.15) is 32.4 Å². The predicted molar refractivity (Wildman–Crippen MR) is 50.7 cm³/mol. The predicted octanol–water partition coefficient (Wildman–Crippen LogP) is 0.965. The van der Waals surface area contributed by atoms with Gasteiger partial charge in [-0.2, -0.15) is 0 Å². The monoisotopic (exact) mass is 197 g/mol. The lowest BCUT2D eigenvalue weighted by Crippen LogP contribution is -2.13. The molecule has 5 heteroatoms. The van der Waals surface area contributed by atoms with Crippen LogP contribution in [0.3, 0.4) is 0 Å². The third-order valence-corrected chi connectivity index (χ3v) is 1.74. The van der Waals surface area contributed by atoms with Crippen molar-refractivity contribution in [1.29, 1.82) is 0 Å². The zero-order chi connectivity index (χ0) is 10.6. The molecule has 0 N–H and O–H groups in total. The molecular formula is C9H15N3O2. The first-order valence-corrected chi connectivity index (χ1v) is 4.69. The summed E-state index contributed by atoms with van der Waals surface area (Å²) in [5, 5.41) is 7.76. The Morgan fingerprint density at radius 2 is 2.36 bits per heavy atom. The Labute approximate surface area is 83.1 Å². The van der Waals surface area contributed by atoms with Gasteiger partial charge in [0.1, 0.15) is 6.54 Å². The highest BCUT2D eigenvalue weighted by molar-refractivity contribution is 5.68. The molecular weight excluding hydrogens is 182 g/mol. The minimum absolute atomic E-state index is 0.132. The first kappa shape index (κ1) is 10.7. The van der Waals surface area contributed by atoms with Crippen molar-refractivity contribution in [3.8, 4) is 0 Å². The fraction of sp³-hybridized carbons (Fsp3) is 0.667. The van der Waals surface area contributed by atoms with Crippen molar-refractivity contribution in [2.45, 2.75) is 33.2 Å². The molecule has 0 unspecified atom stereocenters. The van der Waals surface area contributed by atoms with E-state index in [4.69, 9.17) is 4.74 Å². The van der Waals surface area contributed by atoms with Crippen LogP contribution < -0.4 is 0 Å². The van der Waals surface area contributed by atoms with Crippen LogP contribution in [-0.2, 0) is 16.1 Å². The Morgan fingerprint density at radius 1 is 1.64 bits per heavy atom. The summed E-state index contributed by atoms with van der Waals surface area (Å²) < 4.78 is 6.28. The summed E-state index contributed by atoms with van der Waals surface area (Å²) in [6.07, 6.45) is 1.77. The molecule has 0 saturated carbocycles. The minimum Gasteiger partial charge on any atom is -0.465 e. The Kier molecular flexibility index (Phi) is 3.62. The fourth-order valence-electron chi connectivity index (χ4n) is 0.994. The number of carbonyl (C=O) groups is 1. The van der Waals surface area contributed by atoms with Gasteiger partial charge in [0.25, 0.3) is 0 Å². The zero-order valence-electron chi connectivity index (χ0n) is 8.73. The van der Waals surface area contributed by atoms with Crippen LogP contribution in [-0.4, -0.2) is 27.6 Å². The van der Waals surface area contributed by atoms with Crippen molar-refractivity contribution in [3.63, 3.8) is 0 Å². The molecule has 0 atom stereocenters. The number of ether oxygens (including phenoxy) is 1. The van der Waals surface area contributed by atoms with E-state index in [1.54, 1.807) is 13.1 Å². The topological polar surface area (TPSA) is 57.0 Å². The lowest BCUT2D eigenvalue weighted by molar-refractivity contribution is -0.144. The van der Waals surface area contributed by atoms with Gasteiger partial charge in [0.2, 0.25) is 0 Å². The average Bonchev–Trinajstić information content (AvgIpc) is 2.53. The first-order valence-electron chi connectivity index (χ1n) is 4.69. The van der Waals surface area contributed by atoms with Gasteiger partial charge >= 0.3 is 5.97 Å². The van der Waals surface area contributed by atoms with E-state index in [0.29, 0.717) is 12.5 Å². The number of hydrogen-bond donors (Lipinski definition) is 0. The number of rotatable bonds is 4. The zero-order valence-corrected chi connectivity index (χ0v) is 8.73. The number of esters is 1. The summed E-state index contributed by atoms with van der Waals surface area (Å²) in [6, 6.07) is 0. The number of carbonyl (C=O) groups excluding carboxylic acids is 1. The molecule has 1 aromatic heterocycles.